The zero-order chi connectivity index (χ0) is 21.0. The highest BCUT2D eigenvalue weighted by Crippen LogP contribution is 2.49. The highest BCUT2D eigenvalue weighted by molar-refractivity contribution is 6.15. The van der Waals surface area contributed by atoms with E-state index in [1.807, 2.05) is 6.92 Å². The number of esters is 1. The third-order valence-corrected chi connectivity index (χ3v) is 6.59. The summed E-state index contributed by atoms with van der Waals surface area (Å²) in [5, 5.41) is 2.86. The monoisotopic (exact) mass is 411 g/mol. The second kappa shape index (κ2) is 6.82. The van der Waals surface area contributed by atoms with Gasteiger partial charge < -0.3 is 15.0 Å². The lowest BCUT2D eigenvalue weighted by molar-refractivity contribution is -0.160. The number of carbonyl (C=O) groups is 4. The number of nitrogens with zero attached hydrogens (tertiary/aromatic N) is 2. The van der Waals surface area contributed by atoms with E-state index in [-0.39, 0.29) is 42.6 Å². The van der Waals surface area contributed by atoms with Crippen molar-refractivity contribution >= 4 is 29.4 Å². The minimum absolute atomic E-state index is 0.0463. The highest BCUT2D eigenvalue weighted by Gasteiger charge is 2.64. The van der Waals surface area contributed by atoms with Crippen molar-refractivity contribution in [2.45, 2.75) is 63.2 Å². The van der Waals surface area contributed by atoms with Crippen molar-refractivity contribution in [3.8, 4) is 0 Å². The zero-order valence-corrected chi connectivity index (χ0v) is 16.9. The first kappa shape index (κ1) is 19.1. The minimum atomic E-state index is -1.51. The third-order valence-electron chi connectivity index (χ3n) is 6.59. The van der Waals surface area contributed by atoms with Crippen LogP contribution in [0.5, 0.6) is 0 Å². The molecule has 1 aromatic rings. The molecule has 2 atom stereocenters. The second-order valence-corrected chi connectivity index (χ2v) is 8.74. The van der Waals surface area contributed by atoms with Crippen molar-refractivity contribution in [3.63, 3.8) is 0 Å². The number of carbonyl (C=O) groups excluding carboxylic acids is 4. The molecule has 1 saturated heterocycles. The number of rotatable bonds is 6. The average Bonchev–Trinajstić information content (AvgIpc) is 3.64. The average molecular weight is 411 g/mol. The maximum Gasteiger partial charge on any atom is 0.354 e. The summed E-state index contributed by atoms with van der Waals surface area (Å²) in [6.07, 6.45) is 4.07. The van der Waals surface area contributed by atoms with E-state index in [9.17, 15) is 19.2 Å². The molecule has 1 aromatic carbocycles. The SMILES string of the molecule is C[C@@H](NC(=O)COC(=O)[C@]12CCC(=O)N1c1ccccc1C(=O)N2C1CC1)C1CC1. The van der Waals surface area contributed by atoms with Crippen molar-refractivity contribution in [3.05, 3.63) is 29.8 Å². The van der Waals surface area contributed by atoms with Crippen molar-refractivity contribution in [2.24, 2.45) is 5.92 Å². The van der Waals surface area contributed by atoms with E-state index >= 15 is 0 Å². The Balaban J connectivity index is 1.43. The van der Waals surface area contributed by atoms with E-state index in [1.165, 1.54) is 9.80 Å². The molecule has 2 aliphatic heterocycles. The summed E-state index contributed by atoms with van der Waals surface area (Å²) >= 11 is 0. The Labute approximate surface area is 174 Å². The molecule has 30 heavy (non-hydrogen) atoms. The normalized spacial score (nSPS) is 26.2. The molecule has 1 N–H and O–H groups in total. The molecule has 3 fully saturated rings. The van der Waals surface area contributed by atoms with E-state index in [2.05, 4.69) is 5.32 Å². The molecule has 0 aromatic heterocycles. The molecule has 2 saturated carbocycles. The van der Waals surface area contributed by atoms with Gasteiger partial charge in [-0.3, -0.25) is 19.3 Å². The lowest BCUT2D eigenvalue weighted by Crippen LogP contribution is -2.69. The van der Waals surface area contributed by atoms with Crippen molar-refractivity contribution < 1.29 is 23.9 Å². The van der Waals surface area contributed by atoms with Crippen LogP contribution in [-0.4, -0.2) is 52.9 Å². The van der Waals surface area contributed by atoms with Crippen LogP contribution < -0.4 is 10.2 Å². The van der Waals surface area contributed by atoms with E-state index in [4.69, 9.17) is 4.74 Å². The van der Waals surface area contributed by atoms with Gasteiger partial charge >= 0.3 is 5.97 Å². The Bertz CT molecular complexity index is 938. The van der Waals surface area contributed by atoms with Crippen LogP contribution in [0.3, 0.4) is 0 Å². The zero-order valence-electron chi connectivity index (χ0n) is 16.9. The molecule has 3 amide bonds. The third kappa shape index (κ3) is 2.88. The van der Waals surface area contributed by atoms with Gasteiger partial charge in [0.2, 0.25) is 11.6 Å². The van der Waals surface area contributed by atoms with Crippen LogP contribution in [0.25, 0.3) is 0 Å². The van der Waals surface area contributed by atoms with E-state index in [1.54, 1.807) is 24.3 Å². The lowest BCUT2D eigenvalue weighted by Gasteiger charge is -2.48. The molecular weight excluding hydrogens is 386 g/mol. The lowest BCUT2D eigenvalue weighted by atomic mass is 9.96. The number of ether oxygens (including phenoxy) is 1. The number of hydrogen-bond donors (Lipinski definition) is 1. The van der Waals surface area contributed by atoms with Crippen molar-refractivity contribution in [1.82, 2.24) is 10.2 Å². The van der Waals surface area contributed by atoms with Crippen LogP contribution in [0.2, 0.25) is 0 Å². The molecule has 0 bridgehead atoms. The fourth-order valence-electron chi connectivity index (χ4n) is 4.77. The van der Waals surface area contributed by atoms with Gasteiger partial charge in [-0.15, -0.1) is 0 Å². The fourth-order valence-corrected chi connectivity index (χ4v) is 4.77. The van der Waals surface area contributed by atoms with E-state index in [0.29, 0.717) is 17.2 Å². The number of fused-ring (bicyclic) bond motifs is 3. The Kier molecular flexibility index (Phi) is 4.34. The molecule has 0 spiro atoms. The van der Waals surface area contributed by atoms with E-state index in [0.717, 1.165) is 25.7 Å². The van der Waals surface area contributed by atoms with Crippen molar-refractivity contribution in [2.75, 3.05) is 11.5 Å². The largest absolute Gasteiger partial charge is 0.452 e. The van der Waals surface area contributed by atoms with Crippen LogP contribution in [0.4, 0.5) is 5.69 Å². The van der Waals surface area contributed by atoms with Crippen LogP contribution in [0.1, 0.15) is 55.8 Å². The molecule has 2 heterocycles. The molecule has 0 unspecified atom stereocenters. The first-order chi connectivity index (χ1) is 14.4. The van der Waals surface area contributed by atoms with Crippen LogP contribution in [-0.2, 0) is 19.1 Å². The van der Waals surface area contributed by atoms with Crippen LogP contribution >= 0.6 is 0 Å². The minimum Gasteiger partial charge on any atom is -0.452 e. The summed E-state index contributed by atoms with van der Waals surface area (Å²) in [5.74, 6) is -1.07. The standard InChI is InChI=1S/C22H25N3O5/c1-13(14-6-7-14)23-18(26)12-30-21(29)22-11-10-19(27)25(22)17-5-3-2-4-16(17)20(28)24(22)15-8-9-15/h2-5,13-15H,6-12H2,1H3,(H,23,26)/t13-,22+/m1/s1. The maximum absolute atomic E-state index is 13.4. The molecule has 2 aliphatic carbocycles. The summed E-state index contributed by atoms with van der Waals surface area (Å²) < 4.78 is 5.43. The highest BCUT2D eigenvalue weighted by atomic mass is 16.5. The summed E-state index contributed by atoms with van der Waals surface area (Å²) in [6.45, 7) is 1.52. The molecule has 5 rings (SSSR count). The topological polar surface area (TPSA) is 96.0 Å². The quantitative estimate of drug-likeness (QED) is 0.717. The van der Waals surface area contributed by atoms with Gasteiger partial charge in [-0.25, -0.2) is 4.79 Å². The molecule has 8 heteroatoms. The number of hydrogen-bond acceptors (Lipinski definition) is 5. The fraction of sp³-hybridized carbons (Fsp3) is 0.545. The maximum atomic E-state index is 13.4. The second-order valence-electron chi connectivity index (χ2n) is 8.74. The van der Waals surface area contributed by atoms with Gasteiger partial charge in [-0.05, 0) is 50.7 Å². The molecule has 158 valence electrons. The van der Waals surface area contributed by atoms with Gasteiger partial charge in [-0.2, -0.15) is 0 Å². The van der Waals surface area contributed by atoms with Gasteiger partial charge in [0.05, 0.1) is 11.3 Å². The van der Waals surface area contributed by atoms with Gasteiger partial charge in [0.15, 0.2) is 6.61 Å². The first-order valence-corrected chi connectivity index (χ1v) is 10.7. The van der Waals surface area contributed by atoms with Gasteiger partial charge in [0.1, 0.15) is 0 Å². The van der Waals surface area contributed by atoms with Gasteiger partial charge in [0.25, 0.3) is 11.8 Å². The molecular formula is C22H25N3O5. The number of anilines is 1. The predicted octanol–water partition coefficient (Wildman–Crippen LogP) is 1.59. The van der Waals surface area contributed by atoms with Gasteiger partial charge in [-0.1, -0.05) is 12.1 Å². The van der Waals surface area contributed by atoms with Crippen LogP contribution in [0, 0.1) is 5.92 Å². The van der Waals surface area contributed by atoms with E-state index < -0.39 is 18.2 Å². The Morgan fingerprint density at radius 2 is 1.93 bits per heavy atom. The number of para-hydroxylation sites is 1. The summed E-state index contributed by atoms with van der Waals surface area (Å²) in [5.41, 5.74) is -0.656. The summed E-state index contributed by atoms with van der Waals surface area (Å²) in [7, 11) is 0. The van der Waals surface area contributed by atoms with Gasteiger partial charge in [0, 0.05) is 24.9 Å². The first-order valence-electron chi connectivity index (χ1n) is 10.7. The summed E-state index contributed by atoms with van der Waals surface area (Å²) in [6, 6.07) is 6.81. The number of amides is 3. The molecule has 0 radical (unpaired) electrons. The number of benzene rings is 1. The Morgan fingerprint density at radius 3 is 2.63 bits per heavy atom. The Hall–Kier alpha value is -2.90. The van der Waals surface area contributed by atoms with Crippen LogP contribution in [0.15, 0.2) is 24.3 Å². The Morgan fingerprint density at radius 1 is 1.20 bits per heavy atom. The van der Waals surface area contributed by atoms with Crippen molar-refractivity contribution in [1.29, 1.82) is 0 Å². The summed E-state index contributed by atoms with van der Waals surface area (Å²) in [4.78, 5) is 54.8. The molecule has 8 nitrogen and oxygen atoms in total. The molecule has 4 aliphatic rings. The smallest absolute Gasteiger partial charge is 0.354 e. The number of nitrogens with one attached hydrogen (secondary N) is 1. The predicted molar refractivity (Wildman–Crippen MR) is 106 cm³/mol.